The first-order chi connectivity index (χ1) is 14.2. The van der Waals surface area contributed by atoms with Gasteiger partial charge in [-0.25, -0.2) is 0 Å². The van der Waals surface area contributed by atoms with Gasteiger partial charge < -0.3 is 9.47 Å². The maximum atomic E-state index is 12.2. The van der Waals surface area contributed by atoms with Crippen molar-refractivity contribution < 1.29 is 14.3 Å². The van der Waals surface area contributed by atoms with Crippen LogP contribution >= 0.6 is 23.1 Å². The van der Waals surface area contributed by atoms with E-state index in [1.165, 1.54) is 16.9 Å². The average molecular weight is 428 g/mol. The molecule has 0 aliphatic carbocycles. The van der Waals surface area contributed by atoms with E-state index in [9.17, 15) is 4.79 Å². The summed E-state index contributed by atoms with van der Waals surface area (Å²) in [6.07, 6.45) is 2.55. The number of methoxy groups -OCH3 is 1. The Hall–Kier alpha value is -2.84. The number of nitrogens with zero attached hydrogens (tertiary/aromatic N) is 2. The number of hydrogen-bond acceptors (Lipinski definition) is 7. The fourth-order valence-electron chi connectivity index (χ4n) is 2.46. The highest BCUT2D eigenvalue weighted by Gasteiger charge is 2.12. The maximum absolute atomic E-state index is 12.2. The third kappa shape index (κ3) is 6.33. The number of nitrogens with one attached hydrogen (secondary N) is 1. The van der Waals surface area contributed by atoms with Crippen molar-refractivity contribution >= 4 is 34.1 Å². The second-order valence-electron chi connectivity index (χ2n) is 5.96. The lowest BCUT2D eigenvalue weighted by Crippen LogP contribution is -2.20. The first-order valence-corrected chi connectivity index (χ1v) is 10.7. The number of ether oxygens (including phenoxy) is 2. The molecular formula is C21H21N3O3S2. The predicted molar refractivity (Wildman–Crippen MR) is 117 cm³/mol. The number of thioether (sulfide) groups is 1. The summed E-state index contributed by atoms with van der Waals surface area (Å²) in [6.45, 7) is 3.58. The Balaban J connectivity index is 1.50. The molecule has 0 fully saturated rings. The molecule has 0 bridgehead atoms. The van der Waals surface area contributed by atoms with E-state index >= 15 is 0 Å². The molecule has 3 rings (SSSR count). The van der Waals surface area contributed by atoms with Gasteiger partial charge in [-0.1, -0.05) is 65.6 Å². The SMILES string of the molecule is C=CCc1ccc(OCC(=O)Nc2nnc(SCc3ccccc3)s2)c(OC)c1. The molecule has 0 radical (unpaired) electrons. The largest absolute Gasteiger partial charge is 0.493 e. The molecule has 2 aromatic carbocycles. The monoisotopic (exact) mass is 427 g/mol. The Labute approximate surface area is 178 Å². The molecule has 150 valence electrons. The molecule has 1 aromatic heterocycles. The predicted octanol–water partition coefficient (Wildman–Crippen LogP) is 4.59. The lowest BCUT2D eigenvalue weighted by molar-refractivity contribution is -0.118. The topological polar surface area (TPSA) is 73.3 Å². The maximum Gasteiger partial charge on any atom is 0.264 e. The van der Waals surface area contributed by atoms with Gasteiger partial charge in [0.25, 0.3) is 5.91 Å². The Morgan fingerprint density at radius 2 is 2.00 bits per heavy atom. The van der Waals surface area contributed by atoms with Crippen LogP contribution in [0, 0.1) is 0 Å². The summed E-state index contributed by atoms with van der Waals surface area (Å²) in [7, 11) is 1.57. The molecular weight excluding hydrogens is 406 g/mol. The molecule has 0 aliphatic heterocycles. The zero-order valence-electron chi connectivity index (χ0n) is 16.0. The molecule has 0 aliphatic rings. The van der Waals surface area contributed by atoms with Crippen LogP contribution in [-0.2, 0) is 17.0 Å². The molecule has 1 amide bonds. The van der Waals surface area contributed by atoms with Crippen molar-refractivity contribution in [2.24, 2.45) is 0 Å². The van der Waals surface area contributed by atoms with Crippen molar-refractivity contribution in [2.45, 2.75) is 16.5 Å². The summed E-state index contributed by atoms with van der Waals surface area (Å²) >= 11 is 2.92. The van der Waals surface area contributed by atoms with Gasteiger partial charge >= 0.3 is 0 Å². The number of benzene rings is 2. The van der Waals surface area contributed by atoms with Gasteiger partial charge in [-0.3, -0.25) is 10.1 Å². The summed E-state index contributed by atoms with van der Waals surface area (Å²) in [5.41, 5.74) is 2.27. The summed E-state index contributed by atoms with van der Waals surface area (Å²) in [6, 6.07) is 15.7. The van der Waals surface area contributed by atoms with Gasteiger partial charge in [-0.15, -0.1) is 16.8 Å². The van der Waals surface area contributed by atoms with E-state index in [-0.39, 0.29) is 12.5 Å². The highest BCUT2D eigenvalue weighted by atomic mass is 32.2. The summed E-state index contributed by atoms with van der Waals surface area (Å²) in [5, 5.41) is 11.3. The number of carbonyl (C=O) groups is 1. The van der Waals surface area contributed by atoms with Crippen LogP contribution < -0.4 is 14.8 Å². The van der Waals surface area contributed by atoms with Crippen LogP contribution in [0.15, 0.2) is 65.5 Å². The van der Waals surface area contributed by atoms with Crippen molar-refractivity contribution in [3.05, 3.63) is 72.3 Å². The van der Waals surface area contributed by atoms with Crippen LogP contribution in [0.25, 0.3) is 0 Å². The standard InChI is InChI=1S/C21H21N3O3S2/c1-3-7-15-10-11-17(18(12-15)26-2)27-13-19(25)22-20-23-24-21(29-20)28-14-16-8-5-4-6-9-16/h3-6,8-12H,1,7,13-14H2,2H3,(H,22,23,25). The molecule has 0 atom stereocenters. The molecule has 1 N–H and O–H groups in total. The zero-order valence-corrected chi connectivity index (χ0v) is 17.6. The lowest BCUT2D eigenvalue weighted by atomic mass is 10.1. The average Bonchev–Trinajstić information content (AvgIpc) is 3.19. The lowest BCUT2D eigenvalue weighted by Gasteiger charge is -2.11. The molecule has 29 heavy (non-hydrogen) atoms. The number of anilines is 1. The first-order valence-electron chi connectivity index (χ1n) is 8.88. The molecule has 3 aromatic rings. The second-order valence-corrected chi connectivity index (χ2v) is 8.16. The molecule has 1 heterocycles. The second kappa shape index (κ2) is 10.6. The van der Waals surface area contributed by atoms with E-state index in [0.717, 1.165) is 22.1 Å². The highest BCUT2D eigenvalue weighted by molar-refractivity contribution is 8.00. The number of hydrogen-bond donors (Lipinski definition) is 1. The summed E-state index contributed by atoms with van der Waals surface area (Å²) in [5.74, 6) is 1.58. The van der Waals surface area contributed by atoms with Crippen molar-refractivity contribution in [1.82, 2.24) is 10.2 Å². The van der Waals surface area contributed by atoms with Gasteiger partial charge in [0.2, 0.25) is 5.13 Å². The van der Waals surface area contributed by atoms with Crippen LogP contribution in [0.3, 0.4) is 0 Å². The van der Waals surface area contributed by atoms with Gasteiger partial charge in [0.15, 0.2) is 22.4 Å². The Bertz CT molecular complexity index is 961. The number of rotatable bonds is 10. The van der Waals surface area contributed by atoms with E-state index in [4.69, 9.17) is 9.47 Å². The minimum atomic E-state index is -0.307. The molecule has 0 spiro atoms. The van der Waals surface area contributed by atoms with Crippen molar-refractivity contribution in [3.63, 3.8) is 0 Å². The van der Waals surface area contributed by atoms with Crippen LogP contribution in [0.5, 0.6) is 11.5 Å². The summed E-state index contributed by atoms with van der Waals surface area (Å²) in [4.78, 5) is 12.2. The third-order valence-corrected chi connectivity index (χ3v) is 5.87. The summed E-state index contributed by atoms with van der Waals surface area (Å²) < 4.78 is 11.7. The fourth-order valence-corrected chi connectivity index (χ4v) is 4.19. The number of carbonyl (C=O) groups excluding carboxylic acids is 1. The smallest absolute Gasteiger partial charge is 0.264 e. The zero-order chi connectivity index (χ0) is 20.5. The third-order valence-electron chi connectivity index (χ3n) is 3.82. The minimum Gasteiger partial charge on any atom is -0.493 e. The fraction of sp³-hybridized carbons (Fsp3) is 0.190. The normalized spacial score (nSPS) is 10.4. The van der Waals surface area contributed by atoms with Gasteiger partial charge in [0, 0.05) is 5.75 Å². The molecule has 8 heteroatoms. The van der Waals surface area contributed by atoms with Crippen molar-refractivity contribution in [1.29, 1.82) is 0 Å². The number of amides is 1. The van der Waals surface area contributed by atoms with Gasteiger partial charge in [0.05, 0.1) is 7.11 Å². The van der Waals surface area contributed by atoms with Crippen molar-refractivity contribution in [3.8, 4) is 11.5 Å². The van der Waals surface area contributed by atoms with E-state index in [0.29, 0.717) is 16.6 Å². The van der Waals surface area contributed by atoms with Crippen LogP contribution in [-0.4, -0.2) is 29.8 Å². The van der Waals surface area contributed by atoms with Gasteiger partial charge in [0.1, 0.15) is 0 Å². The first kappa shape index (κ1) is 20.9. The van der Waals surface area contributed by atoms with E-state index in [2.05, 4.69) is 34.2 Å². The van der Waals surface area contributed by atoms with E-state index in [1.807, 2.05) is 36.4 Å². The highest BCUT2D eigenvalue weighted by Crippen LogP contribution is 2.29. The molecule has 6 nitrogen and oxygen atoms in total. The Morgan fingerprint density at radius 1 is 1.17 bits per heavy atom. The molecule has 0 saturated carbocycles. The van der Waals surface area contributed by atoms with Gasteiger partial charge in [-0.2, -0.15) is 0 Å². The minimum absolute atomic E-state index is 0.150. The number of aromatic nitrogens is 2. The van der Waals surface area contributed by atoms with E-state index < -0.39 is 0 Å². The van der Waals surface area contributed by atoms with E-state index in [1.54, 1.807) is 24.9 Å². The van der Waals surface area contributed by atoms with Crippen molar-refractivity contribution in [2.75, 3.05) is 19.0 Å². The van der Waals surface area contributed by atoms with Crippen LogP contribution in [0.1, 0.15) is 11.1 Å². The van der Waals surface area contributed by atoms with Crippen LogP contribution in [0.4, 0.5) is 5.13 Å². The Kier molecular flexibility index (Phi) is 7.66. The van der Waals surface area contributed by atoms with Gasteiger partial charge in [-0.05, 0) is 29.7 Å². The molecule has 0 unspecified atom stereocenters. The number of allylic oxidation sites excluding steroid dienone is 1. The quantitative estimate of drug-likeness (QED) is 0.290. The van der Waals surface area contributed by atoms with Crippen LogP contribution in [0.2, 0.25) is 0 Å². The Morgan fingerprint density at radius 3 is 2.76 bits per heavy atom. The molecule has 0 saturated heterocycles.